The lowest BCUT2D eigenvalue weighted by molar-refractivity contribution is -0.167. The Morgan fingerprint density at radius 2 is 0.507 bits per heavy atom. The molecule has 6 nitrogen and oxygen atoms in total. The number of esters is 3. The number of hydrogen-bond donors (Lipinski definition) is 0. The summed E-state index contributed by atoms with van der Waals surface area (Å²) in [5.41, 5.74) is 0. The highest BCUT2D eigenvalue weighted by Gasteiger charge is 2.19. The molecule has 0 saturated carbocycles. The molecule has 0 rings (SSSR count). The van der Waals surface area contributed by atoms with E-state index in [2.05, 4.69) is 106 Å². The first-order chi connectivity index (χ1) is 36.0. The zero-order chi connectivity index (χ0) is 52.9. The van der Waals surface area contributed by atoms with Crippen molar-refractivity contribution in [3.63, 3.8) is 0 Å². The summed E-state index contributed by atoms with van der Waals surface area (Å²) in [6.45, 7) is 6.56. The van der Waals surface area contributed by atoms with Crippen LogP contribution in [0, 0.1) is 0 Å². The maximum absolute atomic E-state index is 12.9. The van der Waals surface area contributed by atoms with E-state index < -0.39 is 6.10 Å². The van der Waals surface area contributed by atoms with Crippen LogP contribution in [-0.4, -0.2) is 37.2 Å². The van der Waals surface area contributed by atoms with Crippen molar-refractivity contribution in [3.8, 4) is 0 Å². The summed E-state index contributed by atoms with van der Waals surface area (Å²) in [6, 6.07) is 0. The summed E-state index contributed by atoms with van der Waals surface area (Å²) in [7, 11) is 0. The maximum Gasteiger partial charge on any atom is 0.306 e. The lowest BCUT2D eigenvalue weighted by Gasteiger charge is -2.18. The number of allylic oxidation sites excluding steroid dienone is 14. The van der Waals surface area contributed by atoms with Gasteiger partial charge >= 0.3 is 17.9 Å². The second-order valence-corrected chi connectivity index (χ2v) is 20.6. The second-order valence-electron chi connectivity index (χ2n) is 20.6. The monoisotopic (exact) mass is 1020 g/mol. The molecule has 0 saturated heterocycles. The van der Waals surface area contributed by atoms with E-state index in [1.165, 1.54) is 161 Å². The third-order valence-corrected chi connectivity index (χ3v) is 13.3. The molecule has 0 aliphatic rings. The Kier molecular flexibility index (Phi) is 58.3. The number of ether oxygens (including phenoxy) is 3. The first-order valence-electron chi connectivity index (χ1n) is 31.1. The van der Waals surface area contributed by atoms with Gasteiger partial charge in [-0.1, -0.05) is 254 Å². The van der Waals surface area contributed by atoms with Crippen LogP contribution in [0.1, 0.15) is 303 Å². The molecule has 0 aromatic rings. The van der Waals surface area contributed by atoms with Crippen molar-refractivity contribution in [3.05, 3.63) is 85.1 Å². The average Bonchev–Trinajstić information content (AvgIpc) is 3.39. The van der Waals surface area contributed by atoms with Crippen molar-refractivity contribution in [1.82, 2.24) is 0 Å². The predicted molar refractivity (Wildman–Crippen MR) is 316 cm³/mol. The molecule has 0 aromatic heterocycles. The molecular formula is C67H116O6. The van der Waals surface area contributed by atoms with Crippen LogP contribution in [0.2, 0.25) is 0 Å². The van der Waals surface area contributed by atoms with Crippen LogP contribution in [0.3, 0.4) is 0 Å². The summed E-state index contributed by atoms with van der Waals surface area (Å²) in [5, 5.41) is 0. The number of carbonyl (C=O) groups is 3. The molecule has 0 amide bonds. The smallest absolute Gasteiger partial charge is 0.306 e. The summed E-state index contributed by atoms with van der Waals surface area (Å²) >= 11 is 0. The quantitative estimate of drug-likeness (QED) is 0.0261. The molecule has 0 bridgehead atoms. The van der Waals surface area contributed by atoms with Gasteiger partial charge in [-0.15, -0.1) is 0 Å². The summed E-state index contributed by atoms with van der Waals surface area (Å²) in [4.78, 5) is 38.2. The van der Waals surface area contributed by atoms with Gasteiger partial charge in [0.15, 0.2) is 6.10 Å². The van der Waals surface area contributed by atoms with Crippen molar-refractivity contribution in [2.45, 2.75) is 309 Å². The van der Waals surface area contributed by atoms with E-state index >= 15 is 0 Å². The number of rotatable bonds is 56. The van der Waals surface area contributed by atoms with Crippen LogP contribution >= 0.6 is 0 Å². The Morgan fingerprint density at radius 1 is 0.274 bits per heavy atom. The molecule has 0 radical (unpaired) electrons. The molecule has 0 aliphatic heterocycles. The fraction of sp³-hybridized carbons (Fsp3) is 0.746. The fourth-order valence-electron chi connectivity index (χ4n) is 8.61. The molecule has 0 fully saturated rings. The van der Waals surface area contributed by atoms with Crippen molar-refractivity contribution < 1.29 is 28.6 Å². The van der Waals surface area contributed by atoms with Gasteiger partial charge in [0.1, 0.15) is 13.2 Å². The molecule has 0 N–H and O–H groups in total. The Morgan fingerprint density at radius 3 is 0.849 bits per heavy atom. The maximum atomic E-state index is 12.9. The first kappa shape index (κ1) is 69.6. The van der Waals surface area contributed by atoms with E-state index in [1.807, 2.05) is 0 Å². The lowest BCUT2D eigenvalue weighted by Crippen LogP contribution is -2.30. The largest absolute Gasteiger partial charge is 0.462 e. The fourth-order valence-corrected chi connectivity index (χ4v) is 8.61. The Hall–Kier alpha value is -3.41. The normalized spacial score (nSPS) is 12.6. The van der Waals surface area contributed by atoms with E-state index in [-0.39, 0.29) is 31.1 Å². The zero-order valence-electron chi connectivity index (χ0n) is 48.1. The predicted octanol–water partition coefficient (Wildman–Crippen LogP) is 21.1. The van der Waals surface area contributed by atoms with Crippen molar-refractivity contribution >= 4 is 17.9 Å². The Labute approximate surface area is 452 Å². The minimum atomic E-state index is -0.789. The topological polar surface area (TPSA) is 78.9 Å². The molecule has 1 unspecified atom stereocenters. The highest BCUT2D eigenvalue weighted by molar-refractivity contribution is 5.71. The lowest BCUT2D eigenvalue weighted by atomic mass is 10.1. The molecule has 0 spiro atoms. The van der Waals surface area contributed by atoms with Gasteiger partial charge in [-0.3, -0.25) is 14.4 Å². The van der Waals surface area contributed by atoms with E-state index in [0.29, 0.717) is 19.3 Å². The van der Waals surface area contributed by atoms with Gasteiger partial charge in [-0.2, -0.15) is 0 Å². The number of unbranched alkanes of at least 4 members (excludes halogenated alkanes) is 31. The highest BCUT2D eigenvalue weighted by Crippen LogP contribution is 2.15. The zero-order valence-corrected chi connectivity index (χ0v) is 48.1. The van der Waals surface area contributed by atoms with E-state index in [1.54, 1.807) is 0 Å². The van der Waals surface area contributed by atoms with Crippen LogP contribution < -0.4 is 0 Å². The Balaban J connectivity index is 4.31. The second kappa shape index (κ2) is 61.1. The van der Waals surface area contributed by atoms with Gasteiger partial charge in [0, 0.05) is 19.3 Å². The summed E-state index contributed by atoms with van der Waals surface area (Å²) < 4.78 is 16.9. The SMILES string of the molecule is CCCC/C=C\CCCCCCCC(=O)OCC(COC(=O)CCCCCCCCCCCC/C=C\C/C=C\C/C=C\CCCCCCC)OC(=O)CCCCCCCC/C=C\C/C=C\C/C=C\CCCCC. The van der Waals surface area contributed by atoms with Crippen LogP contribution in [0.4, 0.5) is 0 Å². The van der Waals surface area contributed by atoms with Gasteiger partial charge in [0.25, 0.3) is 0 Å². The van der Waals surface area contributed by atoms with Gasteiger partial charge < -0.3 is 14.2 Å². The molecule has 0 aromatic carbocycles. The molecule has 0 heterocycles. The van der Waals surface area contributed by atoms with Crippen LogP contribution in [0.15, 0.2) is 85.1 Å². The first-order valence-corrected chi connectivity index (χ1v) is 31.1. The van der Waals surface area contributed by atoms with Crippen molar-refractivity contribution in [1.29, 1.82) is 0 Å². The van der Waals surface area contributed by atoms with Crippen molar-refractivity contribution in [2.24, 2.45) is 0 Å². The molecule has 420 valence electrons. The van der Waals surface area contributed by atoms with Gasteiger partial charge in [0.2, 0.25) is 0 Å². The Bertz CT molecular complexity index is 1400. The molecule has 1 atom stereocenters. The third kappa shape index (κ3) is 59.3. The van der Waals surface area contributed by atoms with Crippen LogP contribution in [-0.2, 0) is 28.6 Å². The molecular weight excluding hydrogens is 901 g/mol. The van der Waals surface area contributed by atoms with Crippen molar-refractivity contribution in [2.75, 3.05) is 13.2 Å². The number of hydrogen-bond acceptors (Lipinski definition) is 6. The molecule has 73 heavy (non-hydrogen) atoms. The third-order valence-electron chi connectivity index (χ3n) is 13.3. The molecule has 0 aliphatic carbocycles. The summed E-state index contributed by atoms with van der Waals surface area (Å²) in [5.74, 6) is -0.905. The van der Waals surface area contributed by atoms with Gasteiger partial charge in [0.05, 0.1) is 0 Å². The van der Waals surface area contributed by atoms with Crippen LogP contribution in [0.25, 0.3) is 0 Å². The molecule has 6 heteroatoms. The summed E-state index contributed by atoms with van der Waals surface area (Å²) in [6.07, 6.45) is 80.1. The van der Waals surface area contributed by atoms with E-state index in [4.69, 9.17) is 14.2 Å². The minimum Gasteiger partial charge on any atom is -0.462 e. The van der Waals surface area contributed by atoms with E-state index in [0.717, 1.165) is 103 Å². The highest BCUT2D eigenvalue weighted by atomic mass is 16.6. The van der Waals surface area contributed by atoms with Crippen LogP contribution in [0.5, 0.6) is 0 Å². The van der Waals surface area contributed by atoms with E-state index in [9.17, 15) is 14.4 Å². The van der Waals surface area contributed by atoms with Gasteiger partial charge in [-0.05, 0) is 116 Å². The standard InChI is InChI=1S/C67H116O6/c1-4-7-10-13-16-19-22-24-26-28-30-31-32-33-34-35-37-38-40-42-45-48-51-54-57-60-66(69)72-63-64(62-71-65(68)59-56-53-50-47-44-21-18-15-12-9-6-3)73-67(70)61-58-55-52-49-46-43-41-39-36-29-27-25-23-20-17-14-11-8-5-2/h15,17-18,20,22,24-25,27-28,30,32-33,36,39,64H,4-14,16,19,21,23,26,29,31,34-35,37-38,40-63H2,1-3H3/b18-15-,20-17-,24-22-,27-25-,30-28-,33-32-,39-36-. The number of carbonyl (C=O) groups excluding carboxylic acids is 3. The minimum absolute atomic E-state index is 0.0862. The van der Waals surface area contributed by atoms with Gasteiger partial charge in [-0.25, -0.2) is 0 Å². The average molecular weight is 1020 g/mol.